The molecule has 0 radical (unpaired) electrons. The summed E-state index contributed by atoms with van der Waals surface area (Å²) in [5.74, 6) is 1.98. The molecular weight excluding hydrogens is 465 g/mol. The van der Waals surface area contributed by atoms with Gasteiger partial charge in [-0.05, 0) is 104 Å². The second-order valence-electron chi connectivity index (χ2n) is 13.1. The zero-order valence-electron chi connectivity index (χ0n) is 23.0. The van der Waals surface area contributed by atoms with Crippen molar-refractivity contribution in [1.29, 1.82) is 0 Å². The van der Waals surface area contributed by atoms with Crippen LogP contribution in [0.4, 0.5) is 4.39 Å². The van der Waals surface area contributed by atoms with Crippen LogP contribution in [-0.2, 0) is 11.2 Å². The minimum absolute atomic E-state index is 0.137. The number of benzene rings is 1. The van der Waals surface area contributed by atoms with E-state index in [-0.39, 0.29) is 28.9 Å². The van der Waals surface area contributed by atoms with Gasteiger partial charge >= 0.3 is 0 Å². The second kappa shape index (κ2) is 11.2. The van der Waals surface area contributed by atoms with Gasteiger partial charge in [-0.25, -0.2) is 4.39 Å². The molecule has 7 atom stereocenters. The SMILES string of the molecule is CCC(=O)N(CCCCC1Cc2cc(O)ccc2C2C(F)C[C@]3(C)C(O)CCC3C12)CC1CCCCC1. The largest absolute Gasteiger partial charge is 0.508 e. The molecule has 206 valence electrons. The number of hydrogen-bond acceptors (Lipinski definition) is 3. The fourth-order valence-electron chi connectivity index (χ4n) is 8.97. The molecule has 1 aromatic carbocycles. The first kappa shape index (κ1) is 27.0. The van der Waals surface area contributed by atoms with Crippen molar-refractivity contribution in [1.82, 2.24) is 4.90 Å². The minimum atomic E-state index is -0.960. The van der Waals surface area contributed by atoms with Gasteiger partial charge in [-0.15, -0.1) is 0 Å². The van der Waals surface area contributed by atoms with E-state index in [9.17, 15) is 15.0 Å². The fourth-order valence-corrected chi connectivity index (χ4v) is 8.97. The summed E-state index contributed by atoms with van der Waals surface area (Å²) in [6.07, 6.45) is 11.7. The van der Waals surface area contributed by atoms with Crippen LogP contribution < -0.4 is 0 Å². The van der Waals surface area contributed by atoms with Crippen molar-refractivity contribution in [3.05, 3.63) is 29.3 Å². The third-order valence-electron chi connectivity index (χ3n) is 10.9. The highest BCUT2D eigenvalue weighted by atomic mass is 19.1. The summed E-state index contributed by atoms with van der Waals surface area (Å²) < 4.78 is 16.0. The van der Waals surface area contributed by atoms with Gasteiger partial charge in [0.25, 0.3) is 0 Å². The summed E-state index contributed by atoms with van der Waals surface area (Å²) in [6, 6.07) is 5.53. The number of phenols is 1. The molecule has 0 spiro atoms. The van der Waals surface area contributed by atoms with Crippen LogP contribution in [0.1, 0.15) is 108 Å². The average Bonchev–Trinajstić information content (AvgIpc) is 3.18. The lowest BCUT2D eigenvalue weighted by atomic mass is 9.51. The van der Waals surface area contributed by atoms with Gasteiger partial charge in [-0.2, -0.15) is 0 Å². The van der Waals surface area contributed by atoms with E-state index in [1.54, 1.807) is 6.07 Å². The van der Waals surface area contributed by atoms with E-state index in [0.717, 1.165) is 62.7 Å². The van der Waals surface area contributed by atoms with Gasteiger partial charge in [0.2, 0.25) is 5.91 Å². The van der Waals surface area contributed by atoms with Gasteiger partial charge in [-0.1, -0.05) is 45.6 Å². The lowest BCUT2D eigenvalue weighted by molar-refractivity contribution is -0.131. The van der Waals surface area contributed by atoms with Crippen molar-refractivity contribution < 1.29 is 19.4 Å². The summed E-state index contributed by atoms with van der Waals surface area (Å²) in [6.45, 7) is 5.83. The van der Waals surface area contributed by atoms with Crippen molar-refractivity contribution in [3.8, 4) is 5.75 Å². The predicted molar refractivity (Wildman–Crippen MR) is 145 cm³/mol. The van der Waals surface area contributed by atoms with Crippen molar-refractivity contribution in [2.24, 2.45) is 29.1 Å². The molecule has 0 bridgehead atoms. The number of carbonyl (C=O) groups is 1. The number of carbonyl (C=O) groups excluding carboxylic acids is 1. The number of unbranched alkanes of at least 4 members (excludes halogenated alkanes) is 1. The maximum atomic E-state index is 16.0. The first-order valence-corrected chi connectivity index (χ1v) is 15.2. The molecule has 0 saturated heterocycles. The van der Waals surface area contributed by atoms with Gasteiger partial charge in [0.1, 0.15) is 11.9 Å². The van der Waals surface area contributed by atoms with Gasteiger partial charge in [0.05, 0.1) is 6.10 Å². The van der Waals surface area contributed by atoms with Gasteiger partial charge in [-0.3, -0.25) is 4.79 Å². The second-order valence-corrected chi connectivity index (χ2v) is 13.1. The molecule has 6 unspecified atom stereocenters. The van der Waals surface area contributed by atoms with E-state index in [0.29, 0.717) is 30.6 Å². The third kappa shape index (κ3) is 5.31. The maximum Gasteiger partial charge on any atom is 0.222 e. The standard InChI is InChI=1S/C32H48FNO3/c1-3-29(37)34(20-21-9-5-4-6-10-21)16-8-7-11-22-17-23-18-24(35)12-13-25(23)31-27(33)19-32(2)26(30(22)31)14-15-28(32)36/h12-13,18,21-22,26-28,30-31,35-36H,3-11,14-17,19-20H2,1-2H3/t22?,26?,27?,28?,30?,31?,32-/m0/s1. The number of hydrogen-bond donors (Lipinski definition) is 2. The Morgan fingerprint density at radius 1 is 1.14 bits per heavy atom. The lowest BCUT2D eigenvalue weighted by Gasteiger charge is -2.54. The van der Waals surface area contributed by atoms with Gasteiger partial charge in [0.15, 0.2) is 0 Å². The summed E-state index contributed by atoms with van der Waals surface area (Å²) in [5, 5.41) is 21.0. The Balaban J connectivity index is 1.29. The van der Waals surface area contributed by atoms with E-state index < -0.39 is 12.3 Å². The topological polar surface area (TPSA) is 60.8 Å². The molecule has 4 nitrogen and oxygen atoms in total. The Bertz CT molecular complexity index is 946. The number of amides is 1. The van der Waals surface area contributed by atoms with Gasteiger partial charge in [0, 0.05) is 25.4 Å². The zero-order valence-corrected chi connectivity index (χ0v) is 23.0. The summed E-state index contributed by atoms with van der Waals surface area (Å²) >= 11 is 0. The van der Waals surface area contributed by atoms with Crippen LogP contribution >= 0.6 is 0 Å². The highest BCUT2D eigenvalue weighted by molar-refractivity contribution is 5.75. The Kier molecular flexibility index (Phi) is 8.19. The average molecular weight is 514 g/mol. The molecule has 2 N–H and O–H groups in total. The van der Waals surface area contributed by atoms with E-state index in [4.69, 9.17) is 0 Å². The zero-order chi connectivity index (χ0) is 26.2. The van der Waals surface area contributed by atoms with Crippen LogP contribution in [0.15, 0.2) is 18.2 Å². The van der Waals surface area contributed by atoms with Crippen LogP contribution in [0, 0.1) is 29.1 Å². The predicted octanol–water partition coefficient (Wildman–Crippen LogP) is 6.77. The number of halogens is 1. The van der Waals surface area contributed by atoms with E-state index in [1.807, 2.05) is 19.1 Å². The molecule has 1 aromatic rings. The molecule has 4 aliphatic rings. The minimum Gasteiger partial charge on any atom is -0.508 e. The molecule has 0 aromatic heterocycles. The normalized spacial score (nSPS) is 35.5. The Morgan fingerprint density at radius 3 is 2.68 bits per heavy atom. The number of nitrogens with zero attached hydrogens (tertiary/aromatic N) is 1. The van der Waals surface area contributed by atoms with Crippen LogP contribution in [0.25, 0.3) is 0 Å². The van der Waals surface area contributed by atoms with Crippen molar-refractivity contribution in [2.45, 2.75) is 116 Å². The highest BCUT2D eigenvalue weighted by Crippen LogP contribution is 2.63. The first-order chi connectivity index (χ1) is 17.8. The molecule has 5 heteroatoms. The van der Waals surface area contributed by atoms with Crippen molar-refractivity contribution >= 4 is 5.91 Å². The van der Waals surface area contributed by atoms with E-state index in [2.05, 4.69) is 11.8 Å². The molecule has 4 aliphatic carbocycles. The number of phenolic OH excluding ortho intramolecular Hbond substituents is 1. The van der Waals surface area contributed by atoms with Crippen molar-refractivity contribution in [3.63, 3.8) is 0 Å². The molecule has 1 amide bonds. The van der Waals surface area contributed by atoms with E-state index in [1.165, 1.54) is 32.1 Å². The summed E-state index contributed by atoms with van der Waals surface area (Å²) in [7, 11) is 0. The summed E-state index contributed by atoms with van der Waals surface area (Å²) in [5.41, 5.74) is 1.86. The van der Waals surface area contributed by atoms with Crippen molar-refractivity contribution in [2.75, 3.05) is 13.1 Å². The number of aliphatic hydroxyl groups excluding tert-OH is 1. The molecule has 3 fully saturated rings. The summed E-state index contributed by atoms with van der Waals surface area (Å²) in [4.78, 5) is 14.8. The first-order valence-electron chi connectivity index (χ1n) is 15.2. The number of aromatic hydroxyl groups is 1. The lowest BCUT2D eigenvalue weighted by Crippen LogP contribution is -2.51. The van der Waals surface area contributed by atoms with Crippen LogP contribution in [0.5, 0.6) is 5.75 Å². The molecule has 0 aliphatic heterocycles. The number of fused-ring (bicyclic) bond motifs is 5. The fraction of sp³-hybridized carbons (Fsp3) is 0.781. The molecule has 0 heterocycles. The van der Waals surface area contributed by atoms with Crippen LogP contribution in [-0.4, -0.2) is 46.4 Å². The van der Waals surface area contributed by atoms with Gasteiger partial charge < -0.3 is 15.1 Å². The number of aliphatic hydroxyl groups is 1. The quantitative estimate of drug-likeness (QED) is 0.377. The Morgan fingerprint density at radius 2 is 1.92 bits per heavy atom. The smallest absolute Gasteiger partial charge is 0.222 e. The molecular formula is C32H48FNO3. The van der Waals surface area contributed by atoms with Crippen LogP contribution in [0.3, 0.4) is 0 Å². The number of rotatable bonds is 8. The molecule has 37 heavy (non-hydrogen) atoms. The Hall–Kier alpha value is -1.62. The number of alkyl halides is 1. The Labute approximate surface area is 223 Å². The molecule has 5 rings (SSSR count). The third-order valence-corrected chi connectivity index (χ3v) is 10.9. The van der Waals surface area contributed by atoms with E-state index >= 15 is 4.39 Å². The molecule has 3 saturated carbocycles. The highest BCUT2D eigenvalue weighted by Gasteiger charge is 2.59. The monoisotopic (exact) mass is 513 g/mol. The maximum absolute atomic E-state index is 16.0. The van der Waals surface area contributed by atoms with Crippen LogP contribution in [0.2, 0.25) is 0 Å².